The SMILES string of the molecule is O[C@H](Cn1cnnc1)c1ccccc1. The normalized spacial score (nSPS) is 12.6. The lowest BCUT2D eigenvalue weighted by molar-refractivity contribution is 0.156. The lowest BCUT2D eigenvalue weighted by atomic mass is 10.1. The minimum Gasteiger partial charge on any atom is -0.387 e. The molecule has 4 heteroatoms. The summed E-state index contributed by atoms with van der Waals surface area (Å²) in [6, 6.07) is 9.54. The van der Waals surface area contributed by atoms with E-state index < -0.39 is 6.10 Å². The second-order valence-corrected chi connectivity index (χ2v) is 3.09. The highest BCUT2D eigenvalue weighted by Gasteiger charge is 2.06. The van der Waals surface area contributed by atoms with Crippen LogP contribution in [0.5, 0.6) is 0 Å². The molecule has 4 nitrogen and oxygen atoms in total. The van der Waals surface area contributed by atoms with Crippen LogP contribution in [0.2, 0.25) is 0 Å². The van der Waals surface area contributed by atoms with Crippen LogP contribution in [0.4, 0.5) is 0 Å². The highest BCUT2D eigenvalue weighted by Crippen LogP contribution is 2.13. The number of nitrogens with zero attached hydrogens (tertiary/aromatic N) is 3. The lowest BCUT2D eigenvalue weighted by Crippen LogP contribution is -2.06. The fourth-order valence-electron chi connectivity index (χ4n) is 1.30. The third-order valence-corrected chi connectivity index (χ3v) is 2.03. The minimum atomic E-state index is -0.507. The number of rotatable bonds is 3. The largest absolute Gasteiger partial charge is 0.387 e. The zero-order valence-corrected chi connectivity index (χ0v) is 7.61. The van der Waals surface area contributed by atoms with E-state index in [0.717, 1.165) is 5.56 Å². The van der Waals surface area contributed by atoms with Gasteiger partial charge in [0.1, 0.15) is 12.7 Å². The van der Waals surface area contributed by atoms with Crippen molar-refractivity contribution in [3.8, 4) is 0 Å². The van der Waals surface area contributed by atoms with Crippen LogP contribution in [0.25, 0.3) is 0 Å². The van der Waals surface area contributed by atoms with Crippen LogP contribution in [0.3, 0.4) is 0 Å². The van der Waals surface area contributed by atoms with E-state index in [0.29, 0.717) is 6.54 Å². The van der Waals surface area contributed by atoms with Gasteiger partial charge in [-0.3, -0.25) is 0 Å². The molecule has 0 bridgehead atoms. The summed E-state index contributed by atoms with van der Waals surface area (Å²) in [7, 11) is 0. The standard InChI is InChI=1S/C10H11N3O/c14-10(6-13-7-11-12-8-13)9-4-2-1-3-5-9/h1-5,7-8,10,14H,6H2/t10-/m1/s1. The molecule has 1 N–H and O–H groups in total. The molecule has 0 unspecified atom stereocenters. The van der Waals surface area contributed by atoms with Gasteiger partial charge in [0.15, 0.2) is 0 Å². The molecule has 0 aliphatic carbocycles. The van der Waals surface area contributed by atoms with Gasteiger partial charge in [0, 0.05) is 0 Å². The van der Waals surface area contributed by atoms with E-state index in [1.165, 1.54) is 0 Å². The van der Waals surface area contributed by atoms with Crippen LogP contribution in [-0.2, 0) is 6.54 Å². The van der Waals surface area contributed by atoms with E-state index >= 15 is 0 Å². The maximum absolute atomic E-state index is 9.82. The summed E-state index contributed by atoms with van der Waals surface area (Å²) >= 11 is 0. The van der Waals surface area contributed by atoms with Crippen molar-refractivity contribution in [2.24, 2.45) is 0 Å². The van der Waals surface area contributed by atoms with Gasteiger partial charge in [0.25, 0.3) is 0 Å². The molecule has 0 spiro atoms. The molecule has 1 aromatic heterocycles. The number of benzene rings is 1. The Morgan fingerprint density at radius 1 is 1.14 bits per heavy atom. The van der Waals surface area contributed by atoms with Gasteiger partial charge in [0.05, 0.1) is 12.6 Å². The van der Waals surface area contributed by atoms with Gasteiger partial charge in [-0.25, -0.2) is 0 Å². The van der Waals surface area contributed by atoms with E-state index in [-0.39, 0.29) is 0 Å². The first-order chi connectivity index (χ1) is 6.86. The fraction of sp³-hybridized carbons (Fsp3) is 0.200. The summed E-state index contributed by atoms with van der Waals surface area (Å²) in [5.41, 5.74) is 0.904. The molecule has 1 heterocycles. The summed E-state index contributed by atoms with van der Waals surface area (Å²) < 4.78 is 1.75. The second-order valence-electron chi connectivity index (χ2n) is 3.09. The average molecular weight is 189 g/mol. The highest BCUT2D eigenvalue weighted by molar-refractivity contribution is 5.17. The Hall–Kier alpha value is -1.68. The van der Waals surface area contributed by atoms with Crippen LogP contribution in [0, 0.1) is 0 Å². The van der Waals surface area contributed by atoms with Gasteiger partial charge in [0.2, 0.25) is 0 Å². The Balaban J connectivity index is 2.07. The molecule has 0 saturated heterocycles. The molecule has 0 amide bonds. The van der Waals surface area contributed by atoms with Crippen molar-refractivity contribution < 1.29 is 5.11 Å². The Morgan fingerprint density at radius 2 is 1.79 bits per heavy atom. The Labute approximate surface area is 81.8 Å². The fourth-order valence-corrected chi connectivity index (χ4v) is 1.30. The van der Waals surface area contributed by atoms with Gasteiger partial charge in [-0.05, 0) is 5.56 Å². The molecule has 0 aliphatic rings. The number of aliphatic hydroxyl groups is 1. The Morgan fingerprint density at radius 3 is 2.43 bits per heavy atom. The third kappa shape index (κ3) is 1.97. The van der Waals surface area contributed by atoms with Gasteiger partial charge in [-0.15, -0.1) is 10.2 Å². The zero-order valence-electron chi connectivity index (χ0n) is 7.61. The van der Waals surface area contributed by atoms with Crippen molar-refractivity contribution in [2.75, 3.05) is 0 Å². The summed E-state index contributed by atoms with van der Waals surface area (Å²) in [6.07, 6.45) is 2.67. The molecule has 14 heavy (non-hydrogen) atoms. The lowest BCUT2D eigenvalue weighted by Gasteiger charge is -2.10. The van der Waals surface area contributed by atoms with E-state index in [9.17, 15) is 5.11 Å². The third-order valence-electron chi connectivity index (χ3n) is 2.03. The number of hydrogen-bond donors (Lipinski definition) is 1. The summed E-state index contributed by atoms with van der Waals surface area (Å²) in [6.45, 7) is 0.483. The summed E-state index contributed by atoms with van der Waals surface area (Å²) in [5, 5.41) is 17.2. The molecule has 0 fully saturated rings. The van der Waals surface area contributed by atoms with Gasteiger partial charge < -0.3 is 9.67 Å². The predicted octanol–water partition coefficient (Wildman–Crippen LogP) is 1.01. The number of hydrogen-bond acceptors (Lipinski definition) is 3. The van der Waals surface area contributed by atoms with Crippen molar-refractivity contribution in [1.82, 2.24) is 14.8 Å². The van der Waals surface area contributed by atoms with Crippen molar-refractivity contribution in [3.05, 3.63) is 48.5 Å². The van der Waals surface area contributed by atoms with Gasteiger partial charge >= 0.3 is 0 Å². The maximum Gasteiger partial charge on any atom is 0.119 e. The molecule has 0 radical (unpaired) electrons. The molecule has 1 aromatic carbocycles. The van der Waals surface area contributed by atoms with E-state index in [4.69, 9.17) is 0 Å². The van der Waals surface area contributed by atoms with E-state index in [2.05, 4.69) is 10.2 Å². The Kier molecular flexibility index (Phi) is 2.55. The first kappa shape index (κ1) is 8.90. The smallest absolute Gasteiger partial charge is 0.119 e. The molecular formula is C10H11N3O. The molecule has 72 valence electrons. The zero-order chi connectivity index (χ0) is 9.80. The van der Waals surface area contributed by atoms with Crippen LogP contribution >= 0.6 is 0 Å². The maximum atomic E-state index is 9.82. The quantitative estimate of drug-likeness (QED) is 0.784. The molecule has 2 aromatic rings. The van der Waals surface area contributed by atoms with Crippen LogP contribution in [0.1, 0.15) is 11.7 Å². The van der Waals surface area contributed by atoms with Crippen LogP contribution in [-0.4, -0.2) is 19.9 Å². The Bertz CT molecular complexity index is 372. The average Bonchev–Trinajstić information content (AvgIpc) is 2.72. The first-order valence-corrected chi connectivity index (χ1v) is 4.41. The van der Waals surface area contributed by atoms with Crippen molar-refractivity contribution in [2.45, 2.75) is 12.6 Å². The molecule has 1 atom stereocenters. The molecule has 2 rings (SSSR count). The summed E-state index contributed by atoms with van der Waals surface area (Å²) in [5.74, 6) is 0. The molecular weight excluding hydrogens is 178 g/mol. The predicted molar refractivity (Wildman–Crippen MR) is 51.4 cm³/mol. The second kappa shape index (κ2) is 4.02. The van der Waals surface area contributed by atoms with Gasteiger partial charge in [-0.1, -0.05) is 30.3 Å². The van der Waals surface area contributed by atoms with Crippen molar-refractivity contribution in [1.29, 1.82) is 0 Å². The van der Waals surface area contributed by atoms with Crippen molar-refractivity contribution in [3.63, 3.8) is 0 Å². The minimum absolute atomic E-state index is 0.483. The van der Waals surface area contributed by atoms with Crippen LogP contribution < -0.4 is 0 Å². The topological polar surface area (TPSA) is 50.9 Å². The summed E-state index contributed by atoms with van der Waals surface area (Å²) in [4.78, 5) is 0. The molecule has 0 saturated carbocycles. The van der Waals surface area contributed by atoms with Crippen molar-refractivity contribution >= 4 is 0 Å². The molecule has 0 aliphatic heterocycles. The van der Waals surface area contributed by atoms with E-state index in [1.54, 1.807) is 17.2 Å². The van der Waals surface area contributed by atoms with Crippen LogP contribution in [0.15, 0.2) is 43.0 Å². The van der Waals surface area contributed by atoms with E-state index in [1.807, 2.05) is 30.3 Å². The monoisotopic (exact) mass is 189 g/mol. The first-order valence-electron chi connectivity index (χ1n) is 4.41. The number of aliphatic hydroxyl groups excluding tert-OH is 1. The highest BCUT2D eigenvalue weighted by atomic mass is 16.3. The van der Waals surface area contributed by atoms with Gasteiger partial charge in [-0.2, -0.15) is 0 Å². The number of aromatic nitrogens is 3.